The highest BCUT2D eigenvalue weighted by molar-refractivity contribution is 6.20. The first-order chi connectivity index (χ1) is 9.15. The fraction of sp³-hybridized carbons (Fsp3) is 0.500. The topological polar surface area (TPSA) is 36.3 Å². The molecule has 102 valence electrons. The molecule has 0 bridgehead atoms. The summed E-state index contributed by atoms with van der Waals surface area (Å²) < 4.78 is 12.9. The molecule has 19 heavy (non-hydrogen) atoms. The molecule has 0 spiro atoms. The molecule has 1 aliphatic carbocycles. The molecule has 1 fully saturated rings. The molecule has 0 saturated heterocycles. The third kappa shape index (κ3) is 2.04. The number of hydrogen-bond donors (Lipinski definition) is 0. The standard InChI is InChI=1S/C14H17ClN2O2/c1-8(15)14-16-10-6-12(18-2)13(19-3)7-11(10)17(14)9-4-5-9/h6-9H,4-5H2,1-3H3. The molecule has 0 N–H and O–H groups in total. The summed E-state index contributed by atoms with van der Waals surface area (Å²) in [6, 6.07) is 4.43. The predicted octanol–water partition coefficient (Wildman–Crippen LogP) is 3.69. The van der Waals surface area contributed by atoms with Crippen LogP contribution in [0.3, 0.4) is 0 Å². The molecule has 1 aromatic carbocycles. The summed E-state index contributed by atoms with van der Waals surface area (Å²) >= 11 is 6.25. The fourth-order valence-corrected chi connectivity index (χ4v) is 2.59. The second-order valence-corrected chi connectivity index (χ2v) is 5.54. The predicted molar refractivity (Wildman–Crippen MR) is 75.4 cm³/mol. The minimum Gasteiger partial charge on any atom is -0.493 e. The van der Waals surface area contributed by atoms with Crippen molar-refractivity contribution in [2.45, 2.75) is 31.2 Å². The lowest BCUT2D eigenvalue weighted by Crippen LogP contribution is -2.02. The summed E-state index contributed by atoms with van der Waals surface area (Å²) in [5.74, 6) is 2.35. The van der Waals surface area contributed by atoms with E-state index in [0.29, 0.717) is 11.8 Å². The van der Waals surface area contributed by atoms with E-state index in [1.54, 1.807) is 14.2 Å². The summed E-state index contributed by atoms with van der Waals surface area (Å²) in [5, 5.41) is -0.106. The first kappa shape index (κ1) is 12.6. The van der Waals surface area contributed by atoms with Gasteiger partial charge in [-0.15, -0.1) is 11.6 Å². The van der Waals surface area contributed by atoms with Gasteiger partial charge in [0.2, 0.25) is 0 Å². The van der Waals surface area contributed by atoms with Crippen molar-refractivity contribution < 1.29 is 9.47 Å². The van der Waals surface area contributed by atoms with Crippen molar-refractivity contribution >= 4 is 22.6 Å². The van der Waals surface area contributed by atoms with Gasteiger partial charge in [0.05, 0.1) is 30.6 Å². The van der Waals surface area contributed by atoms with Gasteiger partial charge in [-0.05, 0) is 19.8 Å². The van der Waals surface area contributed by atoms with E-state index in [2.05, 4.69) is 9.55 Å². The summed E-state index contributed by atoms with van der Waals surface area (Å²) in [6.07, 6.45) is 2.38. The Labute approximate surface area is 117 Å². The molecule has 0 amide bonds. The van der Waals surface area contributed by atoms with E-state index in [9.17, 15) is 0 Å². The third-order valence-electron chi connectivity index (χ3n) is 3.49. The minimum absolute atomic E-state index is 0.106. The van der Waals surface area contributed by atoms with Crippen LogP contribution in [0, 0.1) is 0 Å². The maximum Gasteiger partial charge on any atom is 0.163 e. The van der Waals surface area contributed by atoms with Crippen molar-refractivity contribution in [2.24, 2.45) is 0 Å². The largest absolute Gasteiger partial charge is 0.493 e. The van der Waals surface area contributed by atoms with E-state index in [1.807, 2.05) is 19.1 Å². The normalized spacial score (nSPS) is 16.6. The van der Waals surface area contributed by atoms with Gasteiger partial charge in [0, 0.05) is 18.2 Å². The summed E-state index contributed by atoms with van der Waals surface area (Å²) in [5.41, 5.74) is 1.98. The number of rotatable bonds is 4. The van der Waals surface area contributed by atoms with Crippen LogP contribution >= 0.6 is 11.6 Å². The second kappa shape index (κ2) is 4.60. The number of methoxy groups -OCH3 is 2. The van der Waals surface area contributed by atoms with Gasteiger partial charge >= 0.3 is 0 Å². The molecule has 1 aliphatic rings. The number of nitrogens with zero attached hydrogens (tertiary/aromatic N) is 2. The Morgan fingerprint density at radius 3 is 2.42 bits per heavy atom. The van der Waals surface area contributed by atoms with Crippen LogP contribution in [0.4, 0.5) is 0 Å². The van der Waals surface area contributed by atoms with Gasteiger partial charge in [0.1, 0.15) is 5.82 Å². The average Bonchev–Trinajstić information content (AvgIpc) is 3.17. The van der Waals surface area contributed by atoms with Crippen LogP contribution in [-0.2, 0) is 0 Å². The first-order valence-electron chi connectivity index (χ1n) is 6.43. The molecule has 1 aromatic heterocycles. The van der Waals surface area contributed by atoms with Gasteiger partial charge in [0.15, 0.2) is 11.5 Å². The molecule has 1 heterocycles. The van der Waals surface area contributed by atoms with E-state index in [0.717, 1.165) is 22.6 Å². The zero-order chi connectivity index (χ0) is 13.6. The zero-order valence-corrected chi connectivity index (χ0v) is 12.1. The SMILES string of the molecule is COc1cc2nc(C(C)Cl)n(C3CC3)c2cc1OC. The number of benzene rings is 1. The first-order valence-corrected chi connectivity index (χ1v) is 6.87. The Balaban J connectivity index is 2.26. The monoisotopic (exact) mass is 280 g/mol. The number of hydrogen-bond acceptors (Lipinski definition) is 3. The van der Waals surface area contributed by atoms with Gasteiger partial charge < -0.3 is 14.0 Å². The van der Waals surface area contributed by atoms with E-state index in [1.165, 1.54) is 12.8 Å². The molecular weight excluding hydrogens is 264 g/mol. The number of fused-ring (bicyclic) bond motifs is 1. The van der Waals surface area contributed by atoms with Crippen LogP contribution in [0.15, 0.2) is 12.1 Å². The maximum atomic E-state index is 6.25. The third-order valence-corrected chi connectivity index (χ3v) is 3.69. The summed E-state index contributed by atoms with van der Waals surface area (Å²) in [6.45, 7) is 1.95. The quantitative estimate of drug-likeness (QED) is 0.802. The van der Waals surface area contributed by atoms with Crippen LogP contribution in [0.2, 0.25) is 0 Å². The van der Waals surface area contributed by atoms with Crippen molar-refractivity contribution in [2.75, 3.05) is 14.2 Å². The molecule has 0 radical (unpaired) electrons. The molecule has 5 heteroatoms. The van der Waals surface area contributed by atoms with Crippen molar-refractivity contribution in [1.29, 1.82) is 0 Å². The van der Waals surface area contributed by atoms with Gasteiger partial charge in [0.25, 0.3) is 0 Å². The Morgan fingerprint density at radius 2 is 1.89 bits per heavy atom. The lowest BCUT2D eigenvalue weighted by molar-refractivity contribution is 0.355. The van der Waals surface area contributed by atoms with Crippen molar-refractivity contribution in [3.05, 3.63) is 18.0 Å². The van der Waals surface area contributed by atoms with Gasteiger partial charge in [-0.25, -0.2) is 4.98 Å². The molecule has 1 saturated carbocycles. The lowest BCUT2D eigenvalue weighted by atomic mass is 10.2. The van der Waals surface area contributed by atoms with E-state index in [4.69, 9.17) is 21.1 Å². The Hall–Kier alpha value is -1.42. The smallest absolute Gasteiger partial charge is 0.163 e. The number of ether oxygens (including phenoxy) is 2. The van der Waals surface area contributed by atoms with Crippen LogP contribution in [-0.4, -0.2) is 23.8 Å². The Kier molecular flexibility index (Phi) is 3.05. The van der Waals surface area contributed by atoms with Crippen LogP contribution in [0.5, 0.6) is 11.5 Å². The molecular formula is C14H17ClN2O2. The lowest BCUT2D eigenvalue weighted by Gasteiger charge is -2.10. The number of aromatic nitrogens is 2. The zero-order valence-electron chi connectivity index (χ0n) is 11.3. The van der Waals surface area contributed by atoms with E-state index in [-0.39, 0.29) is 5.38 Å². The highest BCUT2D eigenvalue weighted by Crippen LogP contribution is 2.43. The van der Waals surface area contributed by atoms with E-state index < -0.39 is 0 Å². The molecule has 2 aromatic rings. The molecule has 1 atom stereocenters. The van der Waals surface area contributed by atoms with Gasteiger partial charge in [-0.2, -0.15) is 0 Å². The second-order valence-electron chi connectivity index (χ2n) is 4.88. The molecule has 4 nitrogen and oxygen atoms in total. The Morgan fingerprint density at radius 1 is 1.26 bits per heavy atom. The number of halogens is 1. The molecule has 0 aliphatic heterocycles. The number of alkyl halides is 1. The fourth-order valence-electron chi connectivity index (χ4n) is 2.44. The van der Waals surface area contributed by atoms with Crippen LogP contribution < -0.4 is 9.47 Å². The van der Waals surface area contributed by atoms with E-state index >= 15 is 0 Å². The molecule has 1 unspecified atom stereocenters. The van der Waals surface area contributed by atoms with Crippen molar-refractivity contribution in [3.63, 3.8) is 0 Å². The van der Waals surface area contributed by atoms with Crippen LogP contribution in [0.1, 0.15) is 37.0 Å². The summed E-state index contributed by atoms with van der Waals surface area (Å²) in [7, 11) is 3.28. The van der Waals surface area contributed by atoms with Gasteiger partial charge in [-0.1, -0.05) is 0 Å². The number of imidazole rings is 1. The maximum absolute atomic E-state index is 6.25. The molecule has 3 rings (SSSR count). The van der Waals surface area contributed by atoms with Crippen LogP contribution in [0.25, 0.3) is 11.0 Å². The highest BCUT2D eigenvalue weighted by Gasteiger charge is 2.30. The average molecular weight is 281 g/mol. The van der Waals surface area contributed by atoms with Crippen molar-refractivity contribution in [1.82, 2.24) is 9.55 Å². The Bertz CT molecular complexity index is 617. The minimum atomic E-state index is -0.106. The highest BCUT2D eigenvalue weighted by atomic mass is 35.5. The van der Waals surface area contributed by atoms with Gasteiger partial charge in [-0.3, -0.25) is 0 Å². The van der Waals surface area contributed by atoms with Crippen molar-refractivity contribution in [3.8, 4) is 11.5 Å². The summed E-state index contributed by atoms with van der Waals surface area (Å²) in [4.78, 5) is 4.65.